The van der Waals surface area contributed by atoms with E-state index in [4.69, 9.17) is 11.6 Å². The van der Waals surface area contributed by atoms with Crippen molar-refractivity contribution in [1.29, 1.82) is 0 Å². The van der Waals surface area contributed by atoms with Gasteiger partial charge in [-0.05, 0) is 49.4 Å². The van der Waals surface area contributed by atoms with E-state index < -0.39 is 11.9 Å². The molecule has 0 aromatic heterocycles. The topological polar surface area (TPSA) is 78.4 Å². The van der Waals surface area contributed by atoms with Crippen LogP contribution in [0.5, 0.6) is 0 Å². The molecule has 6 heteroatoms. The molecule has 0 spiro atoms. The molecule has 0 aliphatic carbocycles. The predicted octanol–water partition coefficient (Wildman–Crippen LogP) is 4.80. The molecule has 162 valence electrons. The number of hydrogen-bond acceptors (Lipinski definition) is 3. The van der Waals surface area contributed by atoms with Gasteiger partial charge in [-0.1, -0.05) is 61.0 Å². The summed E-state index contributed by atoms with van der Waals surface area (Å²) in [7, 11) is 0. The first kappa shape index (κ1) is 22.6. The van der Waals surface area contributed by atoms with Crippen molar-refractivity contribution in [2.75, 3.05) is 6.54 Å². The minimum absolute atomic E-state index is 0.161. The molecule has 0 saturated heterocycles. The molecule has 1 aliphatic rings. The Morgan fingerprint density at radius 3 is 2.48 bits per heavy atom. The maximum Gasteiger partial charge on any atom is 0.334 e. The van der Waals surface area contributed by atoms with Crippen molar-refractivity contribution < 1.29 is 14.7 Å². The molecule has 5 nitrogen and oxygen atoms in total. The smallest absolute Gasteiger partial charge is 0.334 e. The monoisotopic (exact) mass is 438 g/mol. The van der Waals surface area contributed by atoms with E-state index in [0.717, 1.165) is 18.5 Å². The first-order chi connectivity index (χ1) is 14.9. The predicted molar refractivity (Wildman–Crippen MR) is 123 cm³/mol. The molecule has 1 atom stereocenters. The zero-order valence-electron chi connectivity index (χ0n) is 17.7. The molecule has 3 N–H and O–H groups in total. The van der Waals surface area contributed by atoms with Gasteiger partial charge in [0.2, 0.25) is 5.91 Å². The van der Waals surface area contributed by atoms with Crippen LogP contribution >= 0.6 is 11.6 Å². The lowest BCUT2D eigenvalue weighted by Crippen LogP contribution is -2.37. The fraction of sp³-hybridized carbons (Fsp3) is 0.280. The Kier molecular flexibility index (Phi) is 7.53. The van der Waals surface area contributed by atoms with Crippen LogP contribution in [0.2, 0.25) is 5.02 Å². The number of allylic oxidation sites excluding steroid dienone is 2. The highest BCUT2D eigenvalue weighted by molar-refractivity contribution is 6.30. The fourth-order valence-electron chi connectivity index (χ4n) is 3.98. The van der Waals surface area contributed by atoms with Gasteiger partial charge in [-0.15, -0.1) is 0 Å². The highest BCUT2D eigenvalue weighted by Gasteiger charge is 2.36. The van der Waals surface area contributed by atoms with Gasteiger partial charge in [0.05, 0.1) is 11.5 Å². The summed E-state index contributed by atoms with van der Waals surface area (Å²) in [6.45, 7) is 4.17. The van der Waals surface area contributed by atoms with Crippen molar-refractivity contribution >= 4 is 23.5 Å². The molecule has 0 fully saturated rings. The molecule has 0 bridgehead atoms. The molecule has 0 saturated carbocycles. The number of carboxylic acid groups (broad SMARTS) is 1. The Morgan fingerprint density at radius 2 is 1.84 bits per heavy atom. The Bertz CT molecular complexity index is 1030. The summed E-state index contributed by atoms with van der Waals surface area (Å²) in [5, 5.41) is 16.6. The Labute approximate surface area is 187 Å². The zero-order chi connectivity index (χ0) is 22.4. The Hall–Kier alpha value is -3.05. The minimum atomic E-state index is -1.06. The number of aryl methyl sites for hydroxylation is 1. The number of amides is 1. The van der Waals surface area contributed by atoms with Crippen molar-refractivity contribution in [3.63, 3.8) is 0 Å². The van der Waals surface area contributed by atoms with E-state index in [1.165, 1.54) is 5.56 Å². The number of benzene rings is 2. The Balaban J connectivity index is 1.86. The minimum Gasteiger partial charge on any atom is -0.478 e. The quantitative estimate of drug-likeness (QED) is 0.517. The van der Waals surface area contributed by atoms with E-state index >= 15 is 0 Å². The lowest BCUT2D eigenvalue weighted by molar-refractivity contribution is -0.133. The van der Waals surface area contributed by atoms with Crippen molar-refractivity contribution in [2.45, 2.75) is 39.0 Å². The fourth-order valence-corrected chi connectivity index (χ4v) is 4.18. The van der Waals surface area contributed by atoms with Crippen LogP contribution in [0.15, 0.2) is 77.1 Å². The summed E-state index contributed by atoms with van der Waals surface area (Å²) in [6.07, 6.45) is 2.23. The van der Waals surface area contributed by atoms with Gasteiger partial charge in [0.25, 0.3) is 0 Å². The van der Waals surface area contributed by atoms with Crippen LogP contribution in [-0.4, -0.2) is 23.5 Å². The number of dihydropyridines is 1. The second-order valence-corrected chi connectivity index (χ2v) is 7.98. The van der Waals surface area contributed by atoms with Gasteiger partial charge in [-0.3, -0.25) is 4.79 Å². The molecule has 1 unspecified atom stereocenters. The number of carbonyl (C=O) groups is 2. The van der Waals surface area contributed by atoms with E-state index in [2.05, 4.69) is 22.8 Å². The van der Waals surface area contributed by atoms with E-state index in [0.29, 0.717) is 34.8 Å². The lowest BCUT2D eigenvalue weighted by atomic mass is 9.79. The summed E-state index contributed by atoms with van der Waals surface area (Å²) in [5.41, 5.74) is 3.77. The highest BCUT2D eigenvalue weighted by Crippen LogP contribution is 2.39. The van der Waals surface area contributed by atoms with Crippen molar-refractivity contribution in [3.05, 3.63) is 93.3 Å². The third kappa shape index (κ3) is 5.36. The van der Waals surface area contributed by atoms with Crippen molar-refractivity contribution in [2.24, 2.45) is 0 Å². The van der Waals surface area contributed by atoms with Gasteiger partial charge in [0.1, 0.15) is 0 Å². The summed E-state index contributed by atoms with van der Waals surface area (Å²) in [5.74, 6) is -2.00. The highest BCUT2D eigenvalue weighted by atomic mass is 35.5. The molecule has 31 heavy (non-hydrogen) atoms. The SMILES string of the molecule is CCC1=C(C(=O)NCCCc2ccccc2)C(c2cccc(Cl)c2)C(C(=O)O)=C(C)N1. The summed E-state index contributed by atoms with van der Waals surface area (Å²) in [6, 6.07) is 17.1. The maximum atomic E-state index is 13.3. The second kappa shape index (κ2) is 10.3. The average molecular weight is 439 g/mol. The van der Waals surface area contributed by atoms with Crippen LogP contribution < -0.4 is 10.6 Å². The molecule has 0 radical (unpaired) electrons. The molecule has 3 rings (SSSR count). The van der Waals surface area contributed by atoms with Crippen LogP contribution in [0.25, 0.3) is 0 Å². The van der Waals surface area contributed by atoms with Crippen LogP contribution in [-0.2, 0) is 16.0 Å². The van der Waals surface area contributed by atoms with E-state index in [9.17, 15) is 14.7 Å². The Morgan fingerprint density at radius 1 is 1.10 bits per heavy atom. The number of carboxylic acids is 1. The van der Waals surface area contributed by atoms with Crippen LogP contribution in [0.1, 0.15) is 43.7 Å². The number of nitrogens with one attached hydrogen (secondary N) is 2. The molecule has 2 aromatic rings. The van der Waals surface area contributed by atoms with Gasteiger partial charge in [0.15, 0.2) is 0 Å². The van der Waals surface area contributed by atoms with Gasteiger partial charge in [-0.25, -0.2) is 4.79 Å². The van der Waals surface area contributed by atoms with Gasteiger partial charge < -0.3 is 15.7 Å². The first-order valence-corrected chi connectivity index (χ1v) is 10.8. The van der Waals surface area contributed by atoms with Crippen LogP contribution in [0.3, 0.4) is 0 Å². The van der Waals surface area contributed by atoms with Crippen molar-refractivity contribution in [1.82, 2.24) is 10.6 Å². The number of rotatable bonds is 8. The van der Waals surface area contributed by atoms with E-state index in [1.54, 1.807) is 25.1 Å². The average Bonchev–Trinajstić information content (AvgIpc) is 2.76. The summed E-state index contributed by atoms with van der Waals surface area (Å²) >= 11 is 6.19. The van der Waals surface area contributed by atoms with Crippen LogP contribution in [0, 0.1) is 0 Å². The molecule has 1 heterocycles. The lowest BCUT2D eigenvalue weighted by Gasteiger charge is -2.31. The van der Waals surface area contributed by atoms with E-state index in [1.807, 2.05) is 31.2 Å². The standard InChI is InChI=1S/C25H27ClN2O3/c1-3-20-23(24(29)27-14-8-11-17-9-5-4-6-10-17)22(18-12-7-13-19(26)15-18)21(25(30)31)16(2)28-20/h4-7,9-10,12-13,15,22,28H,3,8,11,14H2,1-2H3,(H,27,29)(H,30,31). The number of halogens is 1. The van der Waals surface area contributed by atoms with Crippen molar-refractivity contribution in [3.8, 4) is 0 Å². The first-order valence-electron chi connectivity index (χ1n) is 10.4. The normalized spacial score (nSPS) is 16.2. The van der Waals surface area contributed by atoms with Crippen LogP contribution in [0.4, 0.5) is 0 Å². The molecule has 1 aliphatic heterocycles. The maximum absolute atomic E-state index is 13.3. The number of hydrogen-bond donors (Lipinski definition) is 3. The summed E-state index contributed by atoms with van der Waals surface area (Å²) < 4.78 is 0. The van der Waals surface area contributed by atoms with E-state index in [-0.39, 0.29) is 11.5 Å². The number of carbonyl (C=O) groups excluding carboxylic acids is 1. The van der Waals surface area contributed by atoms with Gasteiger partial charge in [0, 0.05) is 28.5 Å². The molecule has 2 aromatic carbocycles. The number of aliphatic carboxylic acids is 1. The molecular weight excluding hydrogens is 412 g/mol. The third-order valence-electron chi connectivity index (χ3n) is 5.43. The zero-order valence-corrected chi connectivity index (χ0v) is 18.5. The second-order valence-electron chi connectivity index (χ2n) is 7.55. The molecular formula is C25H27ClN2O3. The van der Waals surface area contributed by atoms with Gasteiger partial charge in [-0.2, -0.15) is 0 Å². The summed E-state index contributed by atoms with van der Waals surface area (Å²) in [4.78, 5) is 25.4. The molecule has 1 amide bonds. The largest absolute Gasteiger partial charge is 0.478 e. The third-order valence-corrected chi connectivity index (χ3v) is 5.66. The van der Waals surface area contributed by atoms with Gasteiger partial charge >= 0.3 is 5.97 Å².